The summed E-state index contributed by atoms with van der Waals surface area (Å²) >= 11 is 0. The van der Waals surface area contributed by atoms with Crippen molar-refractivity contribution in [2.75, 3.05) is 24.5 Å². The van der Waals surface area contributed by atoms with Crippen molar-refractivity contribution in [2.45, 2.75) is 11.8 Å². The molecular formula is C26H25FN8. The normalized spacial score (nSPS) is 23.7. The van der Waals surface area contributed by atoms with Crippen molar-refractivity contribution in [1.29, 1.82) is 0 Å². The molecule has 5 aromatic rings. The Bertz CT molecular complexity index is 1590. The molecule has 0 amide bonds. The van der Waals surface area contributed by atoms with Crippen molar-refractivity contribution in [3.8, 4) is 11.3 Å². The Morgan fingerprint density at radius 3 is 2.91 bits per heavy atom. The minimum absolute atomic E-state index is 0.158. The number of imidazole rings is 1. The van der Waals surface area contributed by atoms with Crippen LogP contribution in [-0.2, 0) is 12.5 Å². The number of halogens is 1. The van der Waals surface area contributed by atoms with Crippen LogP contribution in [0.5, 0.6) is 0 Å². The molecule has 3 N–H and O–H groups in total. The number of piperidine rings is 1. The molecule has 0 radical (unpaired) electrons. The van der Waals surface area contributed by atoms with E-state index < -0.39 is 0 Å². The van der Waals surface area contributed by atoms with E-state index in [4.69, 9.17) is 15.7 Å². The molecule has 2 fully saturated rings. The number of H-pyrrole nitrogens is 1. The van der Waals surface area contributed by atoms with Crippen molar-refractivity contribution in [1.82, 2.24) is 29.7 Å². The third kappa shape index (κ3) is 2.88. The third-order valence-electron chi connectivity index (χ3n) is 8.12. The van der Waals surface area contributed by atoms with Crippen LogP contribution in [0.4, 0.5) is 10.2 Å². The molecule has 176 valence electrons. The molecule has 0 unspecified atom stereocenters. The zero-order valence-electron chi connectivity index (χ0n) is 19.3. The highest BCUT2D eigenvalue weighted by atomic mass is 19.1. The first-order valence-electron chi connectivity index (χ1n) is 11.9. The van der Waals surface area contributed by atoms with E-state index in [0.29, 0.717) is 24.0 Å². The minimum Gasteiger partial charge on any atom is -0.355 e. The molecule has 1 saturated carbocycles. The van der Waals surface area contributed by atoms with E-state index in [2.05, 4.69) is 26.1 Å². The summed E-state index contributed by atoms with van der Waals surface area (Å²) in [6, 6.07) is 13.1. The van der Waals surface area contributed by atoms with E-state index in [-0.39, 0.29) is 11.2 Å². The van der Waals surface area contributed by atoms with Gasteiger partial charge in [-0.05, 0) is 42.0 Å². The van der Waals surface area contributed by atoms with Crippen LogP contribution in [-0.4, -0.2) is 49.4 Å². The molecule has 7 rings (SSSR count). The fourth-order valence-corrected chi connectivity index (χ4v) is 6.26. The molecule has 4 heterocycles. The highest BCUT2D eigenvalue weighted by Gasteiger charge is 2.66. The molecule has 8 nitrogen and oxygen atoms in total. The van der Waals surface area contributed by atoms with E-state index >= 15 is 0 Å². The van der Waals surface area contributed by atoms with Gasteiger partial charge < -0.3 is 15.2 Å². The number of nitrogens with zero attached hydrogens (tertiary/aromatic N) is 6. The van der Waals surface area contributed by atoms with Gasteiger partial charge in [0.2, 0.25) is 0 Å². The quantitative estimate of drug-likeness (QED) is 0.419. The molecular weight excluding hydrogens is 443 g/mol. The fourth-order valence-electron chi connectivity index (χ4n) is 6.26. The highest BCUT2D eigenvalue weighted by Crippen LogP contribution is 2.63. The van der Waals surface area contributed by atoms with Crippen molar-refractivity contribution in [3.63, 3.8) is 0 Å². The van der Waals surface area contributed by atoms with Gasteiger partial charge in [-0.1, -0.05) is 24.3 Å². The van der Waals surface area contributed by atoms with Crippen molar-refractivity contribution in [3.05, 3.63) is 66.4 Å². The monoisotopic (exact) mass is 468 g/mol. The van der Waals surface area contributed by atoms with E-state index in [1.165, 1.54) is 6.07 Å². The van der Waals surface area contributed by atoms with E-state index in [1.807, 2.05) is 42.1 Å². The Morgan fingerprint density at radius 1 is 1.17 bits per heavy atom. The molecule has 1 aliphatic carbocycles. The molecule has 0 spiro atoms. The van der Waals surface area contributed by atoms with Crippen LogP contribution in [0.2, 0.25) is 0 Å². The van der Waals surface area contributed by atoms with Gasteiger partial charge in [0, 0.05) is 37.7 Å². The summed E-state index contributed by atoms with van der Waals surface area (Å²) in [6.45, 7) is 2.08. The molecule has 3 atom stereocenters. The van der Waals surface area contributed by atoms with Gasteiger partial charge in [-0.25, -0.2) is 19.3 Å². The summed E-state index contributed by atoms with van der Waals surface area (Å²) < 4.78 is 16.7. The maximum absolute atomic E-state index is 14.7. The minimum atomic E-state index is -0.288. The number of hydrogen-bond acceptors (Lipinski definition) is 6. The second-order valence-electron chi connectivity index (χ2n) is 9.73. The van der Waals surface area contributed by atoms with Crippen LogP contribution >= 0.6 is 0 Å². The van der Waals surface area contributed by atoms with Crippen LogP contribution < -0.4 is 10.6 Å². The highest BCUT2D eigenvalue weighted by molar-refractivity contribution is 5.91. The number of aromatic nitrogens is 6. The van der Waals surface area contributed by atoms with E-state index in [0.717, 1.165) is 58.7 Å². The molecule has 1 saturated heterocycles. The average Bonchev–Trinajstić information content (AvgIpc) is 3.13. The van der Waals surface area contributed by atoms with Crippen molar-refractivity contribution < 1.29 is 4.39 Å². The lowest BCUT2D eigenvalue weighted by molar-refractivity contribution is 0.533. The van der Waals surface area contributed by atoms with Crippen LogP contribution in [0, 0.1) is 17.7 Å². The molecule has 0 bridgehead atoms. The number of rotatable bonds is 4. The maximum Gasteiger partial charge on any atom is 0.177 e. The lowest BCUT2D eigenvalue weighted by Gasteiger charge is -2.26. The maximum atomic E-state index is 14.7. The number of nitrogens with two attached hydrogens (primary N) is 1. The SMILES string of the molecule is Cn1cnc2ccc(-c3n[nH]c4nc(N5CC[C@@H]6[C@H](C5)[C@@]6(CN)c5ccccc5F)cnc34)cc21. The van der Waals surface area contributed by atoms with Gasteiger partial charge >= 0.3 is 0 Å². The van der Waals surface area contributed by atoms with Gasteiger partial charge in [0.25, 0.3) is 0 Å². The van der Waals surface area contributed by atoms with Crippen LogP contribution in [0.1, 0.15) is 12.0 Å². The predicted octanol–water partition coefficient (Wildman–Crippen LogP) is 3.40. The Kier molecular flexibility index (Phi) is 4.29. The zero-order chi connectivity index (χ0) is 23.7. The average molecular weight is 469 g/mol. The summed E-state index contributed by atoms with van der Waals surface area (Å²) in [4.78, 5) is 16.2. The lowest BCUT2D eigenvalue weighted by atomic mass is 9.91. The van der Waals surface area contributed by atoms with E-state index in [9.17, 15) is 4.39 Å². The van der Waals surface area contributed by atoms with Gasteiger partial charge in [0.1, 0.15) is 22.8 Å². The summed E-state index contributed by atoms with van der Waals surface area (Å²) in [5, 5.41) is 7.59. The first-order valence-corrected chi connectivity index (χ1v) is 11.9. The van der Waals surface area contributed by atoms with Crippen LogP contribution in [0.25, 0.3) is 33.5 Å². The molecule has 35 heavy (non-hydrogen) atoms. The number of hydrogen-bond donors (Lipinski definition) is 2. The van der Waals surface area contributed by atoms with Crippen molar-refractivity contribution >= 4 is 28.0 Å². The predicted molar refractivity (Wildman–Crippen MR) is 132 cm³/mol. The number of benzene rings is 2. The number of anilines is 1. The standard InChI is InChI=1S/C26H25FN8/c1-34-14-30-20-7-6-15(10-21(20)34)23-24-25(33-32-23)31-22(11-29-24)35-9-8-16-18(12-35)26(16,13-28)17-4-2-3-5-19(17)27/h2-7,10-11,14,16,18H,8-9,12-13,28H2,1H3,(H,31,32,33)/t16-,18+,26-/m1/s1. The Balaban J connectivity index is 1.19. The summed E-state index contributed by atoms with van der Waals surface area (Å²) in [7, 11) is 1.97. The Labute approximate surface area is 201 Å². The summed E-state index contributed by atoms with van der Waals surface area (Å²) in [5.41, 5.74) is 11.8. The summed E-state index contributed by atoms with van der Waals surface area (Å²) in [5.74, 6) is 1.35. The smallest absolute Gasteiger partial charge is 0.177 e. The van der Waals surface area contributed by atoms with Gasteiger partial charge in [-0.15, -0.1) is 0 Å². The van der Waals surface area contributed by atoms with Gasteiger partial charge in [0.15, 0.2) is 5.65 Å². The van der Waals surface area contributed by atoms with Gasteiger partial charge in [0.05, 0.1) is 23.6 Å². The van der Waals surface area contributed by atoms with Gasteiger partial charge in [-0.3, -0.25) is 5.10 Å². The van der Waals surface area contributed by atoms with Gasteiger partial charge in [-0.2, -0.15) is 5.10 Å². The first kappa shape index (κ1) is 20.5. The Hall–Kier alpha value is -3.85. The second kappa shape index (κ2) is 7.32. The Morgan fingerprint density at radius 2 is 2.06 bits per heavy atom. The molecule has 9 heteroatoms. The van der Waals surface area contributed by atoms with Crippen molar-refractivity contribution in [2.24, 2.45) is 24.6 Å². The number of fused-ring (bicyclic) bond motifs is 3. The zero-order valence-corrected chi connectivity index (χ0v) is 19.3. The largest absolute Gasteiger partial charge is 0.355 e. The third-order valence-corrected chi connectivity index (χ3v) is 8.12. The number of nitrogens with one attached hydrogen (secondary N) is 1. The topological polar surface area (TPSA) is 102 Å². The molecule has 2 aromatic carbocycles. The lowest BCUT2D eigenvalue weighted by Crippen LogP contribution is -2.32. The molecule has 1 aliphatic heterocycles. The first-order chi connectivity index (χ1) is 17.1. The number of aryl methyl sites for hydroxylation is 1. The molecule has 3 aromatic heterocycles. The molecule has 2 aliphatic rings. The van der Waals surface area contributed by atoms with E-state index in [1.54, 1.807) is 12.4 Å². The van der Waals surface area contributed by atoms with Crippen LogP contribution in [0.3, 0.4) is 0 Å². The second-order valence-corrected chi connectivity index (χ2v) is 9.73. The summed E-state index contributed by atoms with van der Waals surface area (Å²) in [6.07, 6.45) is 4.58. The number of aromatic amines is 1. The fraction of sp³-hybridized carbons (Fsp3) is 0.308. The van der Waals surface area contributed by atoms with Crippen LogP contribution in [0.15, 0.2) is 55.0 Å².